The minimum atomic E-state index is -0.177. The molecule has 0 atom stereocenters. The fraction of sp³-hybridized carbons (Fsp3) is 0.192. The average molecular weight is 443 g/mol. The van der Waals surface area contributed by atoms with E-state index in [0.29, 0.717) is 41.3 Å². The van der Waals surface area contributed by atoms with E-state index in [1.807, 2.05) is 85.5 Å². The molecular formula is C26H26N4O3. The normalized spacial score (nSPS) is 11.0. The van der Waals surface area contributed by atoms with E-state index in [1.54, 1.807) is 6.07 Å². The summed E-state index contributed by atoms with van der Waals surface area (Å²) < 4.78 is 5.85. The monoisotopic (exact) mass is 442 g/mol. The van der Waals surface area contributed by atoms with Gasteiger partial charge in [-0.3, -0.25) is 14.5 Å². The largest absolute Gasteiger partial charge is 0.457 e. The molecule has 2 N–H and O–H groups in total. The molecule has 0 saturated heterocycles. The molecule has 0 saturated carbocycles. The molecule has 0 bridgehead atoms. The predicted molar refractivity (Wildman–Crippen MR) is 130 cm³/mol. The molecule has 0 unspecified atom stereocenters. The second kappa shape index (κ2) is 10.1. The standard InChI is InChI=1S/C26H26N4O3/c1-3-30(16-24-28-23-10-5-4-9-22(23)26(32)29-24)17-25(31)27-19-11-13-20(14-12-19)33-21-8-6-7-18(2)15-21/h4-15H,3,16-17H2,1-2H3,(H,27,31)(H,28,29,32). The van der Waals surface area contributed by atoms with Gasteiger partial charge in [0.15, 0.2) is 0 Å². The fourth-order valence-corrected chi connectivity index (χ4v) is 3.53. The number of nitrogens with one attached hydrogen (secondary N) is 2. The number of nitrogens with zero attached hydrogens (tertiary/aromatic N) is 2. The highest BCUT2D eigenvalue weighted by molar-refractivity contribution is 5.92. The number of aromatic nitrogens is 2. The topological polar surface area (TPSA) is 87.3 Å². The Balaban J connectivity index is 1.35. The SMILES string of the molecule is CCN(CC(=O)Nc1ccc(Oc2cccc(C)c2)cc1)Cc1nc2ccccc2c(=O)[nH]1. The number of likely N-dealkylation sites (N-methyl/N-ethyl adjacent to an activating group) is 1. The van der Waals surface area contributed by atoms with E-state index in [2.05, 4.69) is 15.3 Å². The van der Waals surface area contributed by atoms with Crippen LogP contribution in [0.2, 0.25) is 0 Å². The Bertz CT molecular complexity index is 1320. The third-order valence-electron chi connectivity index (χ3n) is 5.21. The van der Waals surface area contributed by atoms with Crippen LogP contribution in [-0.2, 0) is 11.3 Å². The Labute approximate surface area is 192 Å². The third kappa shape index (κ3) is 5.84. The summed E-state index contributed by atoms with van der Waals surface area (Å²) in [5, 5.41) is 3.46. The summed E-state index contributed by atoms with van der Waals surface area (Å²) in [6.45, 7) is 5.15. The number of anilines is 1. The highest BCUT2D eigenvalue weighted by Crippen LogP contribution is 2.23. The summed E-state index contributed by atoms with van der Waals surface area (Å²) in [6.07, 6.45) is 0. The second-order valence-electron chi connectivity index (χ2n) is 7.82. The van der Waals surface area contributed by atoms with Gasteiger partial charge in [0.25, 0.3) is 5.56 Å². The Morgan fingerprint density at radius 1 is 1.03 bits per heavy atom. The van der Waals surface area contributed by atoms with Gasteiger partial charge in [-0.2, -0.15) is 0 Å². The van der Waals surface area contributed by atoms with Gasteiger partial charge in [0.05, 0.1) is 24.0 Å². The predicted octanol–water partition coefficient (Wildman–Crippen LogP) is 4.48. The van der Waals surface area contributed by atoms with Crippen molar-refractivity contribution in [2.75, 3.05) is 18.4 Å². The lowest BCUT2D eigenvalue weighted by Crippen LogP contribution is -2.33. The lowest BCUT2D eigenvalue weighted by atomic mass is 10.2. The Morgan fingerprint density at radius 3 is 2.58 bits per heavy atom. The fourth-order valence-electron chi connectivity index (χ4n) is 3.53. The zero-order chi connectivity index (χ0) is 23.2. The van der Waals surface area contributed by atoms with Crippen molar-refractivity contribution in [2.45, 2.75) is 20.4 Å². The number of amides is 1. The van der Waals surface area contributed by atoms with Crippen molar-refractivity contribution in [3.05, 3.63) is 94.5 Å². The Hall–Kier alpha value is -3.97. The van der Waals surface area contributed by atoms with Gasteiger partial charge in [0, 0.05) is 5.69 Å². The number of H-pyrrole nitrogens is 1. The van der Waals surface area contributed by atoms with Crippen LogP contribution in [0, 0.1) is 6.92 Å². The first kappa shape index (κ1) is 22.2. The molecule has 7 nitrogen and oxygen atoms in total. The number of aromatic amines is 1. The number of hydrogen-bond donors (Lipinski definition) is 2. The Kier molecular flexibility index (Phi) is 6.80. The van der Waals surface area contributed by atoms with Crippen LogP contribution in [0.4, 0.5) is 5.69 Å². The number of ether oxygens (including phenoxy) is 1. The molecule has 1 amide bonds. The number of carbonyl (C=O) groups is 1. The maximum Gasteiger partial charge on any atom is 0.258 e. The highest BCUT2D eigenvalue weighted by atomic mass is 16.5. The quantitative estimate of drug-likeness (QED) is 0.420. The van der Waals surface area contributed by atoms with Crippen molar-refractivity contribution >= 4 is 22.5 Å². The van der Waals surface area contributed by atoms with E-state index in [-0.39, 0.29) is 18.0 Å². The second-order valence-corrected chi connectivity index (χ2v) is 7.82. The number of rotatable bonds is 8. The van der Waals surface area contributed by atoms with Crippen molar-refractivity contribution < 1.29 is 9.53 Å². The van der Waals surface area contributed by atoms with E-state index in [9.17, 15) is 9.59 Å². The summed E-state index contributed by atoms with van der Waals surface area (Å²) in [5.74, 6) is 1.85. The van der Waals surface area contributed by atoms with Gasteiger partial charge in [0.1, 0.15) is 17.3 Å². The molecule has 1 heterocycles. The van der Waals surface area contributed by atoms with Gasteiger partial charge in [-0.1, -0.05) is 31.2 Å². The number of hydrogen-bond acceptors (Lipinski definition) is 5. The van der Waals surface area contributed by atoms with E-state index < -0.39 is 0 Å². The molecule has 3 aromatic carbocycles. The van der Waals surface area contributed by atoms with Crippen LogP contribution in [0.15, 0.2) is 77.6 Å². The number of aryl methyl sites for hydroxylation is 1. The summed E-state index contributed by atoms with van der Waals surface area (Å²) in [4.78, 5) is 34.1. The number of fused-ring (bicyclic) bond motifs is 1. The van der Waals surface area contributed by atoms with Gasteiger partial charge in [0.2, 0.25) is 5.91 Å². The molecule has 4 rings (SSSR count). The molecule has 1 aromatic heterocycles. The smallest absolute Gasteiger partial charge is 0.258 e. The van der Waals surface area contributed by atoms with Gasteiger partial charge < -0.3 is 15.0 Å². The number of para-hydroxylation sites is 1. The van der Waals surface area contributed by atoms with E-state index in [0.717, 1.165) is 11.3 Å². The van der Waals surface area contributed by atoms with E-state index in [4.69, 9.17) is 4.74 Å². The minimum absolute atomic E-state index is 0.146. The molecular weight excluding hydrogens is 416 g/mol. The van der Waals surface area contributed by atoms with Gasteiger partial charge in [-0.15, -0.1) is 0 Å². The molecule has 0 aliphatic rings. The molecule has 0 spiro atoms. The number of benzene rings is 3. The maximum absolute atomic E-state index is 12.6. The van der Waals surface area contributed by atoms with Crippen LogP contribution >= 0.6 is 0 Å². The zero-order valence-corrected chi connectivity index (χ0v) is 18.7. The first-order valence-electron chi connectivity index (χ1n) is 10.8. The van der Waals surface area contributed by atoms with Gasteiger partial charge in [-0.25, -0.2) is 4.98 Å². The van der Waals surface area contributed by atoms with Crippen LogP contribution in [0.1, 0.15) is 18.3 Å². The number of carbonyl (C=O) groups excluding carboxylic acids is 1. The Morgan fingerprint density at radius 2 is 1.82 bits per heavy atom. The molecule has 0 aliphatic carbocycles. The zero-order valence-electron chi connectivity index (χ0n) is 18.7. The van der Waals surface area contributed by atoms with Gasteiger partial charge >= 0.3 is 0 Å². The van der Waals surface area contributed by atoms with E-state index >= 15 is 0 Å². The third-order valence-corrected chi connectivity index (χ3v) is 5.21. The van der Waals surface area contributed by atoms with Gasteiger partial charge in [-0.05, 0) is 67.6 Å². The maximum atomic E-state index is 12.6. The van der Waals surface area contributed by atoms with Crippen molar-refractivity contribution in [2.24, 2.45) is 0 Å². The molecule has 0 radical (unpaired) electrons. The molecule has 0 aliphatic heterocycles. The average Bonchev–Trinajstić information content (AvgIpc) is 2.80. The summed E-state index contributed by atoms with van der Waals surface area (Å²) >= 11 is 0. The lowest BCUT2D eigenvalue weighted by molar-refractivity contribution is -0.117. The highest BCUT2D eigenvalue weighted by Gasteiger charge is 2.13. The van der Waals surface area contributed by atoms with Crippen LogP contribution in [0.3, 0.4) is 0 Å². The van der Waals surface area contributed by atoms with Crippen molar-refractivity contribution in [1.82, 2.24) is 14.9 Å². The first-order valence-corrected chi connectivity index (χ1v) is 10.8. The molecule has 7 heteroatoms. The van der Waals surface area contributed by atoms with Crippen molar-refractivity contribution in [1.29, 1.82) is 0 Å². The molecule has 0 fully saturated rings. The van der Waals surface area contributed by atoms with E-state index in [1.165, 1.54) is 0 Å². The first-order chi connectivity index (χ1) is 16.0. The summed E-state index contributed by atoms with van der Waals surface area (Å²) in [6, 6.07) is 22.3. The van der Waals surface area contributed by atoms with Crippen LogP contribution < -0.4 is 15.6 Å². The van der Waals surface area contributed by atoms with Crippen LogP contribution in [-0.4, -0.2) is 33.9 Å². The molecule has 168 valence electrons. The minimum Gasteiger partial charge on any atom is -0.457 e. The molecule has 4 aromatic rings. The van der Waals surface area contributed by atoms with Crippen molar-refractivity contribution in [3.8, 4) is 11.5 Å². The molecule has 33 heavy (non-hydrogen) atoms. The van der Waals surface area contributed by atoms with Crippen molar-refractivity contribution in [3.63, 3.8) is 0 Å². The summed E-state index contributed by atoms with van der Waals surface area (Å²) in [7, 11) is 0. The van der Waals surface area contributed by atoms with Crippen LogP contribution in [0.25, 0.3) is 10.9 Å². The lowest BCUT2D eigenvalue weighted by Gasteiger charge is -2.19. The summed E-state index contributed by atoms with van der Waals surface area (Å²) in [5.41, 5.74) is 2.28. The van der Waals surface area contributed by atoms with Crippen LogP contribution in [0.5, 0.6) is 11.5 Å².